The molecule has 3 nitrogen and oxygen atoms in total. The molecular weight excluding hydrogens is 248 g/mol. The van der Waals surface area contributed by atoms with Gasteiger partial charge in [-0.2, -0.15) is 0 Å². The lowest BCUT2D eigenvalue weighted by atomic mass is 9.92. The van der Waals surface area contributed by atoms with Crippen molar-refractivity contribution in [2.75, 3.05) is 17.2 Å². The number of halogens is 1. The second kappa shape index (κ2) is 5.61. The van der Waals surface area contributed by atoms with Crippen LogP contribution in [0.25, 0.3) is 0 Å². The molecule has 1 aliphatic heterocycles. The predicted octanol–water partition coefficient (Wildman–Crippen LogP) is 3.45. The Labute approximate surface area is 115 Å². The Bertz CT molecular complexity index is 438. The maximum Gasteiger partial charge on any atom is 0.224 e. The molecule has 0 radical (unpaired) electrons. The van der Waals surface area contributed by atoms with Crippen molar-refractivity contribution in [3.8, 4) is 0 Å². The first-order valence-corrected chi connectivity index (χ1v) is 6.11. The molecule has 100 valence electrons. The zero-order chi connectivity index (χ0) is 12.5. The molecule has 0 bridgehead atoms. The van der Waals surface area contributed by atoms with Crippen LogP contribution in [0.4, 0.5) is 11.4 Å². The molecule has 1 amide bonds. The molecule has 4 heteroatoms. The van der Waals surface area contributed by atoms with Crippen molar-refractivity contribution in [1.29, 1.82) is 0 Å². The molecular formula is C14H21ClN2O. The van der Waals surface area contributed by atoms with Crippen molar-refractivity contribution in [3.05, 3.63) is 23.8 Å². The van der Waals surface area contributed by atoms with E-state index in [0.717, 1.165) is 18.7 Å². The lowest BCUT2D eigenvalue weighted by Crippen LogP contribution is -2.19. The minimum atomic E-state index is 0. The molecule has 0 fully saturated rings. The fourth-order valence-corrected chi connectivity index (χ4v) is 2.07. The zero-order valence-electron chi connectivity index (χ0n) is 11.2. The van der Waals surface area contributed by atoms with Gasteiger partial charge in [-0.15, -0.1) is 12.4 Å². The first-order valence-electron chi connectivity index (χ1n) is 6.11. The summed E-state index contributed by atoms with van der Waals surface area (Å²) in [4.78, 5) is 11.8. The molecule has 2 N–H and O–H groups in total. The SMILES string of the molecule is CC(C)(C)CC(=O)Nc1ccc2c(c1)CCN2.Cl. The third kappa shape index (κ3) is 3.91. The molecule has 0 aliphatic carbocycles. The van der Waals surface area contributed by atoms with Crippen LogP contribution in [0, 0.1) is 5.41 Å². The van der Waals surface area contributed by atoms with Gasteiger partial charge in [0.05, 0.1) is 0 Å². The highest BCUT2D eigenvalue weighted by Gasteiger charge is 2.16. The summed E-state index contributed by atoms with van der Waals surface area (Å²) >= 11 is 0. The first-order chi connectivity index (χ1) is 7.94. The highest BCUT2D eigenvalue weighted by molar-refractivity contribution is 5.91. The van der Waals surface area contributed by atoms with E-state index in [-0.39, 0.29) is 23.7 Å². The summed E-state index contributed by atoms with van der Waals surface area (Å²) < 4.78 is 0. The monoisotopic (exact) mass is 268 g/mol. The Kier molecular flexibility index (Phi) is 4.63. The van der Waals surface area contributed by atoms with Crippen LogP contribution >= 0.6 is 12.4 Å². The van der Waals surface area contributed by atoms with E-state index in [0.29, 0.717) is 6.42 Å². The summed E-state index contributed by atoms with van der Waals surface area (Å²) in [5, 5.41) is 6.27. The first kappa shape index (κ1) is 14.8. The number of carbonyl (C=O) groups excluding carboxylic acids is 1. The molecule has 1 aromatic rings. The van der Waals surface area contributed by atoms with E-state index in [4.69, 9.17) is 0 Å². The van der Waals surface area contributed by atoms with E-state index >= 15 is 0 Å². The van der Waals surface area contributed by atoms with Gasteiger partial charge in [0.15, 0.2) is 0 Å². The fraction of sp³-hybridized carbons (Fsp3) is 0.500. The van der Waals surface area contributed by atoms with Crippen LogP contribution in [-0.2, 0) is 11.2 Å². The number of rotatable bonds is 2. The summed E-state index contributed by atoms with van der Waals surface area (Å²) in [6.45, 7) is 7.20. The van der Waals surface area contributed by atoms with Gasteiger partial charge in [0, 0.05) is 24.3 Å². The van der Waals surface area contributed by atoms with Gasteiger partial charge in [-0.25, -0.2) is 0 Å². The largest absolute Gasteiger partial charge is 0.384 e. The summed E-state index contributed by atoms with van der Waals surface area (Å²) in [5.41, 5.74) is 3.42. The number of hydrogen-bond donors (Lipinski definition) is 2. The van der Waals surface area contributed by atoms with Gasteiger partial charge in [-0.3, -0.25) is 4.79 Å². The second-order valence-corrected chi connectivity index (χ2v) is 5.83. The maximum atomic E-state index is 11.8. The highest BCUT2D eigenvalue weighted by Crippen LogP contribution is 2.26. The van der Waals surface area contributed by atoms with Crippen molar-refractivity contribution in [2.45, 2.75) is 33.6 Å². The van der Waals surface area contributed by atoms with Crippen molar-refractivity contribution < 1.29 is 4.79 Å². The van der Waals surface area contributed by atoms with E-state index in [1.54, 1.807) is 0 Å². The van der Waals surface area contributed by atoms with Crippen LogP contribution < -0.4 is 10.6 Å². The van der Waals surface area contributed by atoms with E-state index in [1.165, 1.54) is 11.3 Å². The summed E-state index contributed by atoms with van der Waals surface area (Å²) in [7, 11) is 0. The average molecular weight is 269 g/mol. The standard InChI is InChI=1S/C14H20N2O.ClH/c1-14(2,3)9-13(17)16-11-4-5-12-10(8-11)6-7-15-12;/h4-5,8,15H,6-7,9H2,1-3H3,(H,16,17);1H. The minimum absolute atomic E-state index is 0. The van der Waals surface area contributed by atoms with Gasteiger partial charge in [0.25, 0.3) is 0 Å². The van der Waals surface area contributed by atoms with Crippen LogP contribution in [0.15, 0.2) is 18.2 Å². The number of anilines is 2. The van der Waals surface area contributed by atoms with Gasteiger partial charge < -0.3 is 10.6 Å². The molecule has 0 saturated heterocycles. The van der Waals surface area contributed by atoms with Gasteiger partial charge in [-0.05, 0) is 35.6 Å². The number of benzene rings is 1. The normalized spacial score (nSPS) is 13.3. The van der Waals surface area contributed by atoms with E-state index in [9.17, 15) is 4.79 Å². The fourth-order valence-electron chi connectivity index (χ4n) is 2.07. The summed E-state index contributed by atoms with van der Waals surface area (Å²) in [5.74, 6) is 0.0865. The van der Waals surface area contributed by atoms with Gasteiger partial charge in [0.2, 0.25) is 5.91 Å². The molecule has 0 aromatic heterocycles. The van der Waals surface area contributed by atoms with Gasteiger partial charge in [-0.1, -0.05) is 20.8 Å². The molecule has 1 aliphatic rings. The average Bonchev–Trinajstić information content (AvgIpc) is 2.61. The Morgan fingerprint density at radius 2 is 2.11 bits per heavy atom. The Hall–Kier alpha value is -1.22. The molecule has 0 spiro atoms. The van der Waals surface area contributed by atoms with E-state index in [1.807, 2.05) is 12.1 Å². The summed E-state index contributed by atoms with van der Waals surface area (Å²) in [6, 6.07) is 6.06. The quantitative estimate of drug-likeness (QED) is 0.863. The Balaban J connectivity index is 0.00000162. The molecule has 0 atom stereocenters. The van der Waals surface area contributed by atoms with Gasteiger partial charge in [0.1, 0.15) is 0 Å². The lowest BCUT2D eigenvalue weighted by molar-refractivity contribution is -0.117. The molecule has 2 rings (SSSR count). The predicted molar refractivity (Wildman–Crippen MR) is 78.6 cm³/mol. The van der Waals surface area contributed by atoms with Crippen molar-refractivity contribution in [3.63, 3.8) is 0 Å². The number of hydrogen-bond acceptors (Lipinski definition) is 2. The maximum absolute atomic E-state index is 11.8. The van der Waals surface area contributed by atoms with Crippen LogP contribution in [-0.4, -0.2) is 12.5 Å². The smallest absolute Gasteiger partial charge is 0.224 e. The van der Waals surface area contributed by atoms with Crippen LogP contribution in [0.2, 0.25) is 0 Å². The van der Waals surface area contributed by atoms with Crippen LogP contribution in [0.5, 0.6) is 0 Å². The topological polar surface area (TPSA) is 41.1 Å². The Morgan fingerprint density at radius 3 is 2.78 bits per heavy atom. The number of carbonyl (C=O) groups is 1. The van der Waals surface area contributed by atoms with Crippen LogP contribution in [0.1, 0.15) is 32.8 Å². The van der Waals surface area contributed by atoms with Crippen molar-refractivity contribution in [2.24, 2.45) is 5.41 Å². The summed E-state index contributed by atoms with van der Waals surface area (Å²) in [6.07, 6.45) is 1.58. The van der Waals surface area contributed by atoms with Crippen molar-refractivity contribution in [1.82, 2.24) is 0 Å². The van der Waals surface area contributed by atoms with Gasteiger partial charge >= 0.3 is 0 Å². The second-order valence-electron chi connectivity index (χ2n) is 5.83. The Morgan fingerprint density at radius 1 is 1.39 bits per heavy atom. The van der Waals surface area contributed by atoms with E-state index < -0.39 is 0 Å². The third-order valence-corrected chi connectivity index (χ3v) is 2.79. The van der Waals surface area contributed by atoms with Crippen LogP contribution in [0.3, 0.4) is 0 Å². The van der Waals surface area contributed by atoms with E-state index in [2.05, 4.69) is 37.5 Å². The molecule has 1 aromatic carbocycles. The highest BCUT2D eigenvalue weighted by atomic mass is 35.5. The lowest BCUT2D eigenvalue weighted by Gasteiger charge is -2.17. The number of nitrogens with one attached hydrogen (secondary N) is 2. The van der Waals surface area contributed by atoms with Crippen molar-refractivity contribution >= 4 is 29.7 Å². The third-order valence-electron chi connectivity index (χ3n) is 2.79. The minimum Gasteiger partial charge on any atom is -0.384 e. The molecule has 0 unspecified atom stereocenters. The zero-order valence-corrected chi connectivity index (χ0v) is 12.0. The molecule has 0 saturated carbocycles. The number of amides is 1. The molecule has 1 heterocycles. The number of fused-ring (bicyclic) bond motifs is 1. The molecule has 18 heavy (non-hydrogen) atoms.